The van der Waals surface area contributed by atoms with Gasteiger partial charge in [-0.25, -0.2) is 8.42 Å². The Morgan fingerprint density at radius 1 is 0.922 bits per heavy atom. The lowest BCUT2D eigenvalue weighted by Crippen LogP contribution is -2.68. The Morgan fingerprint density at radius 2 is 1.65 bits per heavy atom. The van der Waals surface area contributed by atoms with Crippen molar-refractivity contribution in [3.05, 3.63) is 35.5 Å². The third-order valence-corrected chi connectivity index (χ3v) is 19.3. The molecule has 1 heterocycles. The molecule has 0 aromatic carbocycles. The minimum atomic E-state index is -2.87. The average molecular weight is 725 g/mol. The molecular weight excluding hydrogens is 657 g/mol. The number of carboxylic acid groups (broad SMARTS) is 1. The highest BCUT2D eigenvalue weighted by atomic mass is 32.2. The van der Waals surface area contributed by atoms with Crippen LogP contribution in [0.5, 0.6) is 0 Å². The summed E-state index contributed by atoms with van der Waals surface area (Å²) in [6.45, 7) is 22.7. The molecule has 0 aromatic rings. The maximum atomic E-state index is 12.1. The minimum absolute atomic E-state index is 0.0149. The van der Waals surface area contributed by atoms with Crippen molar-refractivity contribution in [2.45, 2.75) is 124 Å². The molecule has 7 nitrogen and oxygen atoms in total. The average Bonchev–Trinajstić information content (AvgIpc) is 3.46. The number of rotatable bonds is 8. The van der Waals surface area contributed by atoms with Crippen molar-refractivity contribution in [1.29, 1.82) is 0 Å². The van der Waals surface area contributed by atoms with Crippen LogP contribution in [0.2, 0.25) is 0 Å². The van der Waals surface area contributed by atoms with Crippen LogP contribution in [0, 0.1) is 56.7 Å². The van der Waals surface area contributed by atoms with Gasteiger partial charge in [-0.05, 0) is 146 Å². The van der Waals surface area contributed by atoms with Gasteiger partial charge >= 0.3 is 5.97 Å². The summed E-state index contributed by atoms with van der Waals surface area (Å²) in [6, 6.07) is 0. The van der Waals surface area contributed by atoms with Crippen LogP contribution in [-0.2, 0) is 14.6 Å². The Morgan fingerprint density at radius 3 is 2.27 bits per heavy atom. The molecule has 3 N–H and O–H groups in total. The fraction of sp³-hybridized carbons (Fsp3) is 0.837. The molecule has 5 fully saturated rings. The highest BCUT2D eigenvalue weighted by Crippen LogP contribution is 2.76. The third-order valence-electron chi connectivity index (χ3n) is 17.7. The first-order valence-corrected chi connectivity index (χ1v) is 22.3. The molecule has 0 bridgehead atoms. The van der Waals surface area contributed by atoms with Crippen LogP contribution in [0.1, 0.15) is 119 Å². The molecule has 0 aromatic heterocycles. The lowest BCUT2D eigenvalue weighted by Gasteiger charge is -2.72. The third kappa shape index (κ3) is 5.72. The van der Waals surface area contributed by atoms with E-state index in [0.29, 0.717) is 67.0 Å². The molecule has 0 radical (unpaired) electrons. The van der Waals surface area contributed by atoms with Crippen LogP contribution in [0.3, 0.4) is 0 Å². The largest absolute Gasteiger partial charge is 0.481 e. The molecule has 4 saturated carbocycles. The second-order valence-corrected chi connectivity index (χ2v) is 22.3. The van der Waals surface area contributed by atoms with E-state index in [4.69, 9.17) is 0 Å². The molecule has 1 saturated heterocycles. The number of carboxylic acids is 1. The predicted molar refractivity (Wildman–Crippen MR) is 205 cm³/mol. The van der Waals surface area contributed by atoms with Crippen molar-refractivity contribution < 1.29 is 23.4 Å². The molecular formula is C43H68N2O5S. The van der Waals surface area contributed by atoms with E-state index in [1.54, 1.807) is 0 Å². The summed E-state index contributed by atoms with van der Waals surface area (Å²) >= 11 is 0. The fourth-order valence-electron chi connectivity index (χ4n) is 14.6. The quantitative estimate of drug-likeness (QED) is 0.224. The number of allylic oxidation sites excluding steroid dienone is 5. The topological polar surface area (TPSA) is 107 Å². The molecule has 7 rings (SSSR count). The zero-order valence-electron chi connectivity index (χ0n) is 32.7. The number of fused-ring (bicyclic) bond motifs is 7. The van der Waals surface area contributed by atoms with E-state index >= 15 is 0 Å². The molecule has 0 amide bonds. The van der Waals surface area contributed by atoms with Gasteiger partial charge in [-0.15, -0.1) is 0 Å². The van der Waals surface area contributed by atoms with Gasteiger partial charge in [0.15, 0.2) is 9.84 Å². The van der Waals surface area contributed by atoms with E-state index in [2.05, 4.69) is 70.5 Å². The Hall–Kier alpha value is -1.48. The number of aliphatic hydroxyl groups excluding tert-OH is 1. The van der Waals surface area contributed by atoms with Gasteiger partial charge in [0.25, 0.3) is 0 Å². The van der Waals surface area contributed by atoms with Crippen LogP contribution in [-0.4, -0.2) is 79.3 Å². The maximum Gasteiger partial charge on any atom is 0.312 e. The lowest BCUT2D eigenvalue weighted by molar-refractivity contribution is -0.221. The number of sulfone groups is 1. The summed E-state index contributed by atoms with van der Waals surface area (Å²) in [5.74, 6) is 2.78. The number of hydrogen-bond donors (Lipinski definition) is 3. The smallest absolute Gasteiger partial charge is 0.312 e. The summed E-state index contributed by atoms with van der Waals surface area (Å²) in [5.41, 5.74) is 4.01. The first kappa shape index (κ1) is 37.8. The monoisotopic (exact) mass is 724 g/mol. The van der Waals surface area contributed by atoms with Gasteiger partial charge in [0.2, 0.25) is 0 Å². The zero-order chi connectivity index (χ0) is 36.8. The van der Waals surface area contributed by atoms with E-state index in [9.17, 15) is 23.4 Å². The number of nitrogens with one attached hydrogen (secondary N) is 1. The first-order chi connectivity index (χ1) is 23.9. The van der Waals surface area contributed by atoms with Crippen LogP contribution in [0.4, 0.5) is 0 Å². The molecule has 1 aliphatic heterocycles. The number of hydrogen-bond acceptors (Lipinski definition) is 6. The minimum Gasteiger partial charge on any atom is -0.481 e. The molecule has 6 aliphatic carbocycles. The van der Waals surface area contributed by atoms with E-state index < -0.39 is 21.2 Å². The zero-order valence-corrected chi connectivity index (χ0v) is 33.5. The Balaban J connectivity index is 1.13. The summed E-state index contributed by atoms with van der Waals surface area (Å²) in [6.07, 6.45) is 17.5. The predicted octanol–water partition coefficient (Wildman–Crippen LogP) is 7.43. The molecule has 51 heavy (non-hydrogen) atoms. The van der Waals surface area contributed by atoms with Crippen molar-refractivity contribution >= 4 is 15.8 Å². The van der Waals surface area contributed by atoms with E-state index in [-0.39, 0.29) is 33.8 Å². The second kappa shape index (κ2) is 12.8. The van der Waals surface area contributed by atoms with Crippen molar-refractivity contribution in [1.82, 2.24) is 10.2 Å². The van der Waals surface area contributed by atoms with Crippen LogP contribution in [0.25, 0.3) is 0 Å². The van der Waals surface area contributed by atoms with Crippen LogP contribution in [0.15, 0.2) is 35.5 Å². The molecule has 0 spiro atoms. The second-order valence-electron chi connectivity index (χ2n) is 20.0. The number of carbonyl (C=O) groups is 1. The molecule has 0 unspecified atom stereocenters. The lowest BCUT2D eigenvalue weighted by atomic mass is 9.33. The highest BCUT2D eigenvalue weighted by molar-refractivity contribution is 7.91. The van der Waals surface area contributed by atoms with Crippen molar-refractivity contribution in [2.75, 3.05) is 44.3 Å². The maximum absolute atomic E-state index is 12.1. The summed E-state index contributed by atoms with van der Waals surface area (Å²) < 4.78 is 24.1. The fourth-order valence-corrected chi connectivity index (χ4v) is 15.9. The standard InChI is InChI=1S/C43H68N2O5S/c1-29(2)31-12-19-43(44-22-23-45-24-26-51(49,50)27-25-45)21-20-40(6)33(36(31)43)8-9-35-39(5)15-13-32(38(3,4)34(39)14-16-41(35,40)7)30-10-17-42(28-46,18-11-30)37(47)48/h10,13,31,33-36,44,46H,1,8-9,11-12,14-28H2,2-7H3,(H,47,48)/t31-,33+,34-,35+,36+,39-,40+,41+,42+,43-/m0/s1. The first-order valence-electron chi connectivity index (χ1n) is 20.5. The van der Waals surface area contributed by atoms with E-state index in [1.165, 1.54) is 68.1 Å². The summed E-state index contributed by atoms with van der Waals surface area (Å²) in [4.78, 5) is 14.4. The molecule has 286 valence electrons. The van der Waals surface area contributed by atoms with Gasteiger partial charge < -0.3 is 20.4 Å². The van der Waals surface area contributed by atoms with Crippen LogP contribution < -0.4 is 5.32 Å². The Labute approximate surface area is 309 Å². The van der Waals surface area contributed by atoms with Crippen LogP contribution >= 0.6 is 0 Å². The van der Waals surface area contributed by atoms with Crippen molar-refractivity contribution in [3.8, 4) is 0 Å². The molecule has 8 heteroatoms. The number of aliphatic hydroxyl groups is 1. The van der Waals surface area contributed by atoms with Gasteiger partial charge in [0.1, 0.15) is 0 Å². The summed E-state index contributed by atoms with van der Waals surface area (Å²) in [5, 5.41) is 24.1. The highest BCUT2D eigenvalue weighted by Gasteiger charge is 2.70. The Kier molecular flexibility index (Phi) is 9.49. The van der Waals surface area contributed by atoms with Gasteiger partial charge in [-0.2, -0.15) is 0 Å². The van der Waals surface area contributed by atoms with Crippen molar-refractivity contribution in [2.24, 2.45) is 56.7 Å². The SMILES string of the molecule is C=C(C)[C@@H]1CC[C@]2(NCCN3CCS(=O)(=O)CC3)CC[C@]3(C)[C@H](CC[C@@H]4[C@@]5(C)CC=C(C6=CC[C@@](CO)(C(=O)O)CC6)C(C)(C)[C@@H]5CC[C@]43C)[C@@H]12. The van der Waals surface area contributed by atoms with Gasteiger partial charge in [-0.1, -0.05) is 58.9 Å². The molecule has 10 atom stereocenters. The van der Waals surface area contributed by atoms with Gasteiger partial charge in [-0.3, -0.25) is 4.79 Å². The van der Waals surface area contributed by atoms with E-state index in [0.717, 1.165) is 25.9 Å². The number of nitrogens with zero attached hydrogens (tertiary/aromatic N) is 1. The number of aliphatic carboxylic acids is 1. The van der Waals surface area contributed by atoms with Crippen molar-refractivity contribution in [3.63, 3.8) is 0 Å². The molecule has 7 aliphatic rings. The van der Waals surface area contributed by atoms with Gasteiger partial charge in [0.05, 0.1) is 23.5 Å². The normalized spacial score (nSPS) is 46.1. The van der Waals surface area contributed by atoms with E-state index in [1.807, 2.05) is 0 Å². The summed E-state index contributed by atoms with van der Waals surface area (Å²) in [7, 11) is -2.87. The Bertz CT molecular complexity index is 1590. The van der Waals surface area contributed by atoms with Gasteiger partial charge in [0, 0.05) is 31.7 Å².